The van der Waals surface area contributed by atoms with Crippen LogP contribution in [0.5, 0.6) is 0 Å². The summed E-state index contributed by atoms with van der Waals surface area (Å²) in [6.07, 6.45) is 0. The van der Waals surface area contributed by atoms with Gasteiger partial charge in [0.15, 0.2) is 0 Å². The van der Waals surface area contributed by atoms with Crippen molar-refractivity contribution in [2.45, 2.75) is 25.2 Å². The van der Waals surface area contributed by atoms with Crippen LogP contribution in [0.25, 0.3) is 86.2 Å². The molecule has 0 fully saturated rings. The third-order valence-corrected chi connectivity index (χ3v) is 26.8. The van der Waals surface area contributed by atoms with E-state index in [0.717, 1.165) is 12.1 Å². The topological polar surface area (TPSA) is 0 Å². The summed E-state index contributed by atoms with van der Waals surface area (Å²) in [4.78, 5) is 0. The van der Waals surface area contributed by atoms with Gasteiger partial charge in [-0.25, -0.2) is 0 Å². The fraction of sp³-hybridized carbons (Fsp3) is 0.0526. The van der Waals surface area contributed by atoms with Crippen LogP contribution in [0.3, 0.4) is 0 Å². The van der Waals surface area contributed by atoms with E-state index in [0.29, 0.717) is 0 Å². The molecule has 12 aromatic rings. The van der Waals surface area contributed by atoms with Crippen LogP contribution in [0.15, 0.2) is 291 Å². The number of allylic oxidation sites excluding steroid dienone is 4. The number of hydrogen-bond acceptors (Lipinski definition) is 0. The fourth-order valence-electron chi connectivity index (χ4n) is 13.9. The second-order valence-corrected chi connectivity index (χ2v) is 30.1. The van der Waals surface area contributed by atoms with Crippen LogP contribution in [-0.4, -0.2) is 16.1 Å². The lowest BCUT2D eigenvalue weighted by Gasteiger charge is -2.38. The number of benzene rings is 12. The van der Waals surface area contributed by atoms with Crippen molar-refractivity contribution in [2.75, 3.05) is 0 Å². The number of hydrogen-bond donors (Lipinski definition) is 0. The van der Waals surface area contributed by atoms with Gasteiger partial charge in [0, 0.05) is 0 Å². The Balaban J connectivity index is 1.13. The molecule has 2 heterocycles. The molecule has 0 atom stereocenters. The highest BCUT2D eigenvalue weighted by atomic mass is 28.3. The third-order valence-electron chi connectivity index (χ3n) is 17.3. The van der Waals surface area contributed by atoms with E-state index < -0.39 is 16.1 Å². The summed E-state index contributed by atoms with van der Waals surface area (Å²) in [6, 6.07) is 112. The highest BCUT2D eigenvalue weighted by Crippen LogP contribution is 2.63. The predicted octanol–water partition coefficient (Wildman–Crippen LogP) is 20.4. The molecule has 12 aromatic carbocycles. The van der Waals surface area contributed by atoms with E-state index in [1.54, 1.807) is 0 Å². The average Bonchev–Trinajstić information content (AvgIpc) is 4.18. The Morgan fingerprint density at radius 2 is 0.397 bits per heavy atom. The second kappa shape index (κ2) is 19.6. The first-order valence-electron chi connectivity index (χ1n) is 27.6. The summed E-state index contributed by atoms with van der Waals surface area (Å²) in [7, 11) is -5.98. The molecule has 0 saturated heterocycles. The van der Waals surface area contributed by atoms with E-state index in [2.05, 4.69) is 304 Å². The molecule has 0 N–H and O–H groups in total. The van der Waals surface area contributed by atoms with Crippen molar-refractivity contribution in [1.29, 1.82) is 0 Å². The van der Waals surface area contributed by atoms with Gasteiger partial charge in [-0.3, -0.25) is 0 Å². The van der Waals surface area contributed by atoms with Crippen molar-refractivity contribution >= 4 is 102 Å². The molecule has 0 nitrogen and oxygen atoms in total. The van der Waals surface area contributed by atoms with Crippen LogP contribution in [-0.2, 0) is 0 Å². The van der Waals surface area contributed by atoms with Crippen molar-refractivity contribution in [3.05, 3.63) is 336 Å². The minimum Gasteiger partial charge on any atom is -0.0622 e. The molecule has 0 spiro atoms. The fourth-order valence-corrected chi connectivity index (χ4v) is 26.0. The van der Waals surface area contributed by atoms with Crippen LogP contribution >= 0.6 is 0 Å². The Morgan fingerprint density at radius 1 is 0.205 bits per heavy atom. The highest BCUT2D eigenvalue weighted by Gasteiger charge is 2.53. The van der Waals surface area contributed by atoms with Crippen LogP contribution in [0.1, 0.15) is 44.5 Å². The molecule has 78 heavy (non-hydrogen) atoms. The lowest BCUT2D eigenvalue weighted by molar-refractivity contribution is 1.33. The maximum absolute atomic E-state index is 2.99. The van der Waals surface area contributed by atoms with Gasteiger partial charge in [-0.05, 0) is 131 Å². The van der Waals surface area contributed by atoms with Crippen molar-refractivity contribution in [3.8, 4) is 0 Å². The highest BCUT2D eigenvalue weighted by molar-refractivity contribution is 7.18. The monoisotopic (exact) mass is 1030 g/mol. The van der Waals surface area contributed by atoms with E-state index >= 15 is 0 Å². The summed E-state index contributed by atoms with van der Waals surface area (Å²) in [5.41, 5.74) is 16.0. The molecule has 0 saturated carbocycles. The maximum Gasteiger partial charge on any atom is 0.118 e. The van der Waals surface area contributed by atoms with E-state index in [1.807, 2.05) is 0 Å². The molecule has 0 aromatic heterocycles. The first-order chi connectivity index (χ1) is 38.5. The summed E-state index contributed by atoms with van der Waals surface area (Å²) in [5.74, 6) is 0. The van der Waals surface area contributed by atoms with Crippen LogP contribution in [0, 0.1) is 0 Å². The Kier molecular flexibility index (Phi) is 11.9. The molecule has 0 radical (unpaired) electrons. The van der Waals surface area contributed by atoms with Crippen molar-refractivity contribution < 1.29 is 0 Å². The zero-order valence-corrected chi connectivity index (χ0v) is 46.1. The summed E-state index contributed by atoms with van der Waals surface area (Å²) in [6.45, 7) is 5.54. The molecule has 0 bridgehead atoms. The van der Waals surface area contributed by atoms with Gasteiger partial charge in [0.1, 0.15) is 16.1 Å². The molecule has 2 heteroatoms. The maximum atomic E-state index is 2.77. The molecule has 0 amide bonds. The Bertz CT molecular complexity index is 3840. The number of rotatable bonds is 11. The molecule has 14 rings (SSSR count). The average molecular weight is 1030 g/mol. The molecule has 370 valence electrons. The molecular weight excluding hydrogens is 969 g/mol. The number of fused-ring (bicyclic) bond motifs is 4. The van der Waals surface area contributed by atoms with E-state index in [-0.39, 0.29) is 0 Å². The van der Waals surface area contributed by atoms with Gasteiger partial charge in [-0.2, -0.15) is 0 Å². The Hall–Kier alpha value is -8.93. The molecule has 2 aliphatic heterocycles. The zero-order valence-electron chi connectivity index (χ0n) is 44.1. The van der Waals surface area contributed by atoms with Crippen LogP contribution in [0.4, 0.5) is 0 Å². The normalized spacial score (nSPS) is 15.2. The van der Waals surface area contributed by atoms with Gasteiger partial charge in [0.25, 0.3) is 0 Å². The minimum absolute atomic E-state index is 1.02. The summed E-state index contributed by atoms with van der Waals surface area (Å²) >= 11 is 0. The largest absolute Gasteiger partial charge is 0.118 e. The first-order valence-corrected chi connectivity index (χ1v) is 33.0. The zero-order chi connectivity index (χ0) is 52.2. The molecule has 0 unspecified atom stereocenters. The third kappa shape index (κ3) is 7.77. The van der Waals surface area contributed by atoms with Gasteiger partial charge in [0.2, 0.25) is 0 Å². The van der Waals surface area contributed by atoms with E-state index in [1.165, 1.54) is 131 Å². The quantitative estimate of drug-likeness (QED) is 0.113. The minimum atomic E-state index is -2.99. The van der Waals surface area contributed by atoms with E-state index in [9.17, 15) is 0 Å². The first kappa shape index (κ1) is 47.5. The lowest BCUT2D eigenvalue weighted by atomic mass is 9.88. The van der Waals surface area contributed by atoms with Gasteiger partial charge in [0.05, 0.1) is 0 Å². The Morgan fingerprint density at radius 3 is 0.628 bits per heavy atom. The predicted molar refractivity (Wildman–Crippen MR) is 342 cm³/mol. The van der Waals surface area contributed by atoms with Gasteiger partial charge < -0.3 is 0 Å². The van der Waals surface area contributed by atoms with Gasteiger partial charge >= 0.3 is 0 Å². The Labute approximate surface area is 460 Å². The van der Waals surface area contributed by atoms with Gasteiger partial charge in [-0.15, -0.1) is 0 Å². The van der Waals surface area contributed by atoms with Crippen LogP contribution < -0.4 is 0 Å². The summed E-state index contributed by atoms with van der Waals surface area (Å²) < 4.78 is 0. The lowest BCUT2D eigenvalue weighted by Crippen LogP contribution is -2.39. The van der Waals surface area contributed by atoms with Gasteiger partial charge in [-0.1, -0.05) is 316 Å². The second-order valence-electron chi connectivity index (χ2n) is 21.7. The molecule has 2 aliphatic rings. The van der Waals surface area contributed by atoms with Crippen molar-refractivity contribution in [1.82, 2.24) is 0 Å². The van der Waals surface area contributed by atoms with Crippen molar-refractivity contribution in [2.24, 2.45) is 0 Å². The SMILES string of the molecule is C[Si]1(CC[Si]2(C)C(c3cccc4ccccc34)=C(c3ccccc3)C(c3ccccc3)=C2c2cccc3ccccc23)C(c2cccc3ccccc23)=C(c2ccccc2)C(c2ccccc2)=C1c1cccc2ccccc12. The summed E-state index contributed by atoms with van der Waals surface area (Å²) in [5, 5.41) is 16.4. The van der Waals surface area contributed by atoms with Crippen LogP contribution in [0.2, 0.25) is 25.2 Å². The molecule has 0 aliphatic carbocycles. The smallest absolute Gasteiger partial charge is 0.0622 e. The van der Waals surface area contributed by atoms with E-state index in [4.69, 9.17) is 0 Å². The van der Waals surface area contributed by atoms with Crippen molar-refractivity contribution in [3.63, 3.8) is 0 Å². The molecular formula is C76H58Si2. The standard InChI is InChI=1S/C76H58Si2/c1-77(73(65-47-23-39-53-27-15-19-43-61(53)65)69(57-31-7-3-8-32-57)70(58-33-9-4-10-34-58)74(77)66-48-24-40-54-28-16-20-44-62(54)66)51-52-78(2)75(67-49-25-41-55-29-17-21-45-63(55)67)71(59-35-11-5-12-36-59)72(60-37-13-6-14-38-60)76(78)68-50-26-42-56-30-18-22-46-64(56)68/h3-50H,51-52H2,1-2H3.